The lowest BCUT2D eigenvalue weighted by Gasteiger charge is -2.35. The van der Waals surface area contributed by atoms with Gasteiger partial charge in [-0.2, -0.15) is 0 Å². The zero-order valence-electron chi connectivity index (χ0n) is 16.7. The number of nitrogens with zero attached hydrogens (tertiary/aromatic N) is 4. The fraction of sp³-hybridized carbons (Fsp3) is 0.450. The van der Waals surface area contributed by atoms with E-state index in [1.165, 1.54) is 12.1 Å². The molecule has 0 spiro atoms. The molecule has 30 heavy (non-hydrogen) atoms. The van der Waals surface area contributed by atoms with Crippen LogP contribution in [-0.2, 0) is 39.0 Å². The summed E-state index contributed by atoms with van der Waals surface area (Å²) in [4.78, 5) is 25.8. The molecule has 0 unspecified atom stereocenters. The Labute approximate surface area is 175 Å². The molecule has 1 saturated heterocycles. The molecule has 2 N–H and O–H groups in total. The first-order valence-electron chi connectivity index (χ1n) is 9.97. The van der Waals surface area contributed by atoms with Gasteiger partial charge in [-0.1, -0.05) is 12.1 Å². The molecule has 10 heteroatoms. The SMILES string of the molecule is NS(=O)(=O)c1ccc(CCC(=O)N2CCN(c3ncc4c(n3)CCOC4)CC2)cc1. The van der Waals surface area contributed by atoms with Crippen LogP contribution in [0.1, 0.15) is 23.2 Å². The average molecular weight is 432 g/mol. The molecule has 0 atom stereocenters. The standard InChI is InChI=1S/C20H25N5O4S/c21-30(27,28)17-4-1-15(2-5-17)3-6-19(26)24-8-10-25(11-9-24)20-22-13-16-14-29-12-7-18(16)23-20/h1-2,4-5,13H,3,6-12,14H2,(H2,21,27,28). The smallest absolute Gasteiger partial charge is 0.238 e. The minimum absolute atomic E-state index is 0.0746. The molecule has 1 amide bonds. The topological polar surface area (TPSA) is 119 Å². The van der Waals surface area contributed by atoms with E-state index in [1.54, 1.807) is 12.1 Å². The van der Waals surface area contributed by atoms with Crippen LogP contribution in [0.15, 0.2) is 35.4 Å². The number of fused-ring (bicyclic) bond motifs is 1. The van der Waals surface area contributed by atoms with Gasteiger partial charge in [-0.3, -0.25) is 4.79 Å². The van der Waals surface area contributed by atoms with Gasteiger partial charge in [0.15, 0.2) is 0 Å². The summed E-state index contributed by atoms with van der Waals surface area (Å²) in [5.41, 5.74) is 3.01. The van der Waals surface area contributed by atoms with E-state index in [2.05, 4.69) is 14.9 Å². The number of sulfonamides is 1. The number of piperazine rings is 1. The van der Waals surface area contributed by atoms with Crippen molar-refractivity contribution >= 4 is 21.9 Å². The molecule has 1 fully saturated rings. The number of benzene rings is 1. The number of carbonyl (C=O) groups excluding carboxylic acids is 1. The quantitative estimate of drug-likeness (QED) is 0.731. The summed E-state index contributed by atoms with van der Waals surface area (Å²) in [6.45, 7) is 3.92. The number of aromatic nitrogens is 2. The van der Waals surface area contributed by atoms with E-state index in [0.717, 1.165) is 29.2 Å². The van der Waals surface area contributed by atoms with Crippen molar-refractivity contribution in [2.75, 3.05) is 37.7 Å². The maximum absolute atomic E-state index is 12.6. The first kappa shape index (κ1) is 20.7. The van der Waals surface area contributed by atoms with Gasteiger partial charge in [0, 0.05) is 50.8 Å². The van der Waals surface area contributed by atoms with Gasteiger partial charge < -0.3 is 14.5 Å². The van der Waals surface area contributed by atoms with Crippen molar-refractivity contribution in [3.8, 4) is 0 Å². The summed E-state index contributed by atoms with van der Waals surface area (Å²) in [5, 5.41) is 5.11. The largest absolute Gasteiger partial charge is 0.376 e. The Bertz CT molecular complexity index is 1020. The highest BCUT2D eigenvalue weighted by molar-refractivity contribution is 7.89. The summed E-state index contributed by atoms with van der Waals surface area (Å²) in [6, 6.07) is 6.34. The van der Waals surface area contributed by atoms with Crippen LogP contribution in [0.25, 0.3) is 0 Å². The Kier molecular flexibility index (Phi) is 5.98. The lowest BCUT2D eigenvalue weighted by Crippen LogP contribution is -2.49. The first-order valence-corrected chi connectivity index (χ1v) is 11.5. The van der Waals surface area contributed by atoms with E-state index in [9.17, 15) is 13.2 Å². The molecule has 0 bridgehead atoms. The third-order valence-electron chi connectivity index (χ3n) is 5.48. The van der Waals surface area contributed by atoms with Gasteiger partial charge in [0.25, 0.3) is 0 Å². The summed E-state index contributed by atoms with van der Waals surface area (Å²) in [7, 11) is -3.70. The Balaban J connectivity index is 1.28. The van der Waals surface area contributed by atoms with Gasteiger partial charge in [0.1, 0.15) is 0 Å². The molecule has 1 aromatic heterocycles. The zero-order valence-corrected chi connectivity index (χ0v) is 17.5. The van der Waals surface area contributed by atoms with Gasteiger partial charge in [-0.05, 0) is 24.1 Å². The monoisotopic (exact) mass is 431 g/mol. The Morgan fingerprint density at radius 2 is 1.87 bits per heavy atom. The Morgan fingerprint density at radius 1 is 1.13 bits per heavy atom. The van der Waals surface area contributed by atoms with Crippen LogP contribution in [0, 0.1) is 0 Å². The van der Waals surface area contributed by atoms with Gasteiger partial charge in [-0.15, -0.1) is 0 Å². The van der Waals surface area contributed by atoms with Gasteiger partial charge >= 0.3 is 0 Å². The van der Waals surface area contributed by atoms with Crippen LogP contribution in [0.3, 0.4) is 0 Å². The second-order valence-corrected chi connectivity index (χ2v) is 9.06. The van der Waals surface area contributed by atoms with Crippen molar-refractivity contribution < 1.29 is 17.9 Å². The second-order valence-electron chi connectivity index (χ2n) is 7.50. The van der Waals surface area contributed by atoms with Gasteiger partial charge in [0.05, 0.1) is 23.8 Å². The molecule has 9 nitrogen and oxygen atoms in total. The highest BCUT2D eigenvalue weighted by Gasteiger charge is 2.23. The first-order chi connectivity index (χ1) is 14.4. The number of ether oxygens (including phenoxy) is 1. The Hall–Kier alpha value is -2.56. The van der Waals surface area contributed by atoms with Gasteiger partial charge in [0.2, 0.25) is 21.9 Å². The predicted octanol–water partition coefficient (Wildman–Crippen LogP) is 0.478. The number of hydrogen-bond donors (Lipinski definition) is 1. The lowest BCUT2D eigenvalue weighted by molar-refractivity contribution is -0.131. The molecular formula is C20H25N5O4S. The number of hydrogen-bond acceptors (Lipinski definition) is 7. The molecule has 2 aliphatic rings. The zero-order chi connectivity index (χ0) is 21.1. The van der Waals surface area contributed by atoms with Crippen LogP contribution in [0.5, 0.6) is 0 Å². The summed E-state index contributed by atoms with van der Waals surface area (Å²) in [6.07, 6.45) is 3.58. The number of aryl methyl sites for hydroxylation is 1. The molecule has 160 valence electrons. The molecule has 0 aliphatic carbocycles. The average Bonchev–Trinajstić information content (AvgIpc) is 2.77. The number of rotatable bonds is 5. The van der Waals surface area contributed by atoms with Crippen LogP contribution in [0.4, 0.5) is 5.95 Å². The molecule has 2 aromatic rings. The maximum Gasteiger partial charge on any atom is 0.238 e. The number of anilines is 1. The lowest BCUT2D eigenvalue weighted by atomic mass is 10.1. The molecule has 3 heterocycles. The number of nitrogens with two attached hydrogens (primary N) is 1. The van der Waals surface area contributed by atoms with Crippen molar-refractivity contribution in [3.05, 3.63) is 47.3 Å². The van der Waals surface area contributed by atoms with Gasteiger partial charge in [-0.25, -0.2) is 23.5 Å². The number of carbonyl (C=O) groups is 1. The normalized spacial score (nSPS) is 17.0. The highest BCUT2D eigenvalue weighted by atomic mass is 32.2. The van der Waals surface area contributed by atoms with Crippen molar-refractivity contribution in [2.24, 2.45) is 5.14 Å². The van der Waals surface area contributed by atoms with Crippen LogP contribution in [0.2, 0.25) is 0 Å². The van der Waals surface area contributed by atoms with Crippen LogP contribution in [-0.4, -0.2) is 62.0 Å². The van der Waals surface area contributed by atoms with Crippen LogP contribution < -0.4 is 10.0 Å². The highest BCUT2D eigenvalue weighted by Crippen LogP contribution is 2.19. The molecule has 0 radical (unpaired) electrons. The summed E-state index contributed by atoms with van der Waals surface area (Å²) in [5.74, 6) is 0.811. The van der Waals surface area contributed by atoms with E-state index in [1.807, 2.05) is 11.1 Å². The number of primary sulfonamides is 1. The maximum atomic E-state index is 12.6. The molecule has 1 aromatic carbocycles. The van der Waals surface area contributed by atoms with Crippen molar-refractivity contribution in [1.29, 1.82) is 0 Å². The summed E-state index contributed by atoms with van der Waals surface area (Å²) < 4.78 is 28.1. The van der Waals surface area contributed by atoms with E-state index in [4.69, 9.17) is 9.88 Å². The third-order valence-corrected chi connectivity index (χ3v) is 6.41. The minimum atomic E-state index is -3.70. The molecule has 0 saturated carbocycles. The fourth-order valence-corrected chi connectivity index (χ4v) is 4.20. The van der Waals surface area contributed by atoms with E-state index in [-0.39, 0.29) is 10.8 Å². The number of amides is 1. The summed E-state index contributed by atoms with van der Waals surface area (Å²) >= 11 is 0. The van der Waals surface area contributed by atoms with Crippen molar-refractivity contribution in [3.63, 3.8) is 0 Å². The van der Waals surface area contributed by atoms with Crippen molar-refractivity contribution in [2.45, 2.75) is 30.8 Å². The Morgan fingerprint density at radius 3 is 2.57 bits per heavy atom. The third kappa shape index (κ3) is 4.77. The van der Waals surface area contributed by atoms with Crippen LogP contribution >= 0.6 is 0 Å². The second kappa shape index (κ2) is 8.66. The van der Waals surface area contributed by atoms with E-state index >= 15 is 0 Å². The van der Waals surface area contributed by atoms with E-state index in [0.29, 0.717) is 52.2 Å². The van der Waals surface area contributed by atoms with E-state index < -0.39 is 10.0 Å². The minimum Gasteiger partial charge on any atom is -0.376 e. The molecule has 2 aliphatic heterocycles. The molecular weight excluding hydrogens is 406 g/mol. The fourth-order valence-electron chi connectivity index (χ4n) is 3.68. The predicted molar refractivity (Wildman–Crippen MR) is 110 cm³/mol. The van der Waals surface area contributed by atoms with Crippen molar-refractivity contribution in [1.82, 2.24) is 14.9 Å². The molecule has 4 rings (SSSR count).